The van der Waals surface area contributed by atoms with E-state index in [2.05, 4.69) is 172 Å². The summed E-state index contributed by atoms with van der Waals surface area (Å²) in [7, 11) is 0. The van der Waals surface area contributed by atoms with Crippen LogP contribution in [0.1, 0.15) is 0 Å². The zero-order chi connectivity index (χ0) is 41.4. The van der Waals surface area contributed by atoms with Gasteiger partial charge >= 0.3 is 0 Å². The number of rotatable bonds is 6. The molecule has 6 heterocycles. The highest BCUT2D eigenvalue weighted by atomic mass is 16.3. The second-order valence-electron chi connectivity index (χ2n) is 16.0. The molecule has 294 valence electrons. The summed E-state index contributed by atoms with van der Waals surface area (Å²) >= 11 is 0. The van der Waals surface area contributed by atoms with E-state index in [-0.39, 0.29) is 0 Å². The number of furan rings is 2. The van der Waals surface area contributed by atoms with Crippen LogP contribution in [0.25, 0.3) is 128 Å². The van der Waals surface area contributed by atoms with Gasteiger partial charge in [0.2, 0.25) is 0 Å². The molecule has 0 saturated carbocycles. The number of hydrogen-bond donors (Lipinski definition) is 0. The Morgan fingerprint density at radius 2 is 0.794 bits per heavy atom. The predicted octanol–water partition coefficient (Wildman–Crippen LogP) is 15.1. The monoisotopic (exact) mass is 806 g/mol. The van der Waals surface area contributed by atoms with Crippen molar-refractivity contribution in [1.82, 2.24) is 19.5 Å². The molecule has 7 aromatic carbocycles. The van der Waals surface area contributed by atoms with Crippen molar-refractivity contribution in [2.24, 2.45) is 0 Å². The van der Waals surface area contributed by atoms with Crippen molar-refractivity contribution in [3.8, 4) is 61.5 Å². The van der Waals surface area contributed by atoms with Crippen molar-refractivity contribution in [2.45, 2.75) is 0 Å². The maximum Gasteiger partial charge on any atom is 0.153 e. The molecule has 0 aliphatic heterocycles. The van der Waals surface area contributed by atoms with Crippen LogP contribution in [-0.4, -0.2) is 19.5 Å². The van der Waals surface area contributed by atoms with Gasteiger partial charge in [0.1, 0.15) is 22.2 Å². The van der Waals surface area contributed by atoms with Gasteiger partial charge in [-0.15, -0.1) is 0 Å². The van der Waals surface area contributed by atoms with Gasteiger partial charge in [-0.1, -0.05) is 91.0 Å². The smallest absolute Gasteiger partial charge is 0.153 e. The zero-order valence-electron chi connectivity index (χ0n) is 33.7. The Morgan fingerprint density at radius 1 is 0.317 bits per heavy atom. The Morgan fingerprint density at radius 3 is 1.37 bits per heavy atom. The van der Waals surface area contributed by atoms with Gasteiger partial charge in [0.25, 0.3) is 0 Å². The molecule has 0 bridgehead atoms. The van der Waals surface area contributed by atoms with Gasteiger partial charge in [-0.3, -0.25) is 9.97 Å². The van der Waals surface area contributed by atoms with Crippen molar-refractivity contribution in [3.05, 3.63) is 207 Å². The fourth-order valence-corrected chi connectivity index (χ4v) is 9.25. The van der Waals surface area contributed by atoms with E-state index in [9.17, 15) is 0 Å². The molecule has 63 heavy (non-hydrogen) atoms. The molecular formula is C57H34N4O2. The van der Waals surface area contributed by atoms with E-state index in [0.717, 1.165) is 128 Å². The summed E-state index contributed by atoms with van der Waals surface area (Å²) in [6, 6.07) is 68.2. The van der Waals surface area contributed by atoms with Crippen molar-refractivity contribution in [2.75, 3.05) is 0 Å². The van der Waals surface area contributed by atoms with Gasteiger partial charge in [0.15, 0.2) is 11.2 Å². The molecule has 6 aromatic heterocycles. The lowest BCUT2D eigenvalue weighted by atomic mass is 9.96. The molecule has 0 spiro atoms. The third-order valence-corrected chi connectivity index (χ3v) is 12.3. The van der Waals surface area contributed by atoms with Crippen LogP contribution in [-0.2, 0) is 0 Å². The Balaban J connectivity index is 0.896. The number of hydrogen-bond acceptors (Lipinski definition) is 5. The SMILES string of the molecule is c1ccc(-n2c3ccc(-c4cccc(-c5ccc6oc7cccnc7c6c5)c4)cc3c3nc(-c4cccc(-c5cccc(-c6ccc7oc8cccnc8c7c6)c5)c4)ccc32)cc1. The van der Waals surface area contributed by atoms with E-state index in [4.69, 9.17) is 13.8 Å². The first kappa shape index (κ1) is 35.2. The minimum absolute atomic E-state index is 0.795. The number of aromatic nitrogens is 4. The summed E-state index contributed by atoms with van der Waals surface area (Å²) in [5, 5.41) is 3.12. The highest BCUT2D eigenvalue weighted by Gasteiger charge is 2.17. The highest BCUT2D eigenvalue weighted by molar-refractivity contribution is 6.09. The van der Waals surface area contributed by atoms with E-state index >= 15 is 0 Å². The maximum atomic E-state index is 6.07. The maximum absolute atomic E-state index is 6.07. The van der Waals surface area contributed by atoms with Gasteiger partial charge in [-0.05, 0) is 148 Å². The molecule has 0 amide bonds. The van der Waals surface area contributed by atoms with Crippen LogP contribution in [0.2, 0.25) is 0 Å². The molecule has 0 radical (unpaired) electrons. The lowest BCUT2D eigenvalue weighted by molar-refractivity contribution is 0.668. The van der Waals surface area contributed by atoms with Crippen LogP contribution >= 0.6 is 0 Å². The molecule has 0 aliphatic carbocycles. The minimum atomic E-state index is 0.795. The lowest BCUT2D eigenvalue weighted by Crippen LogP contribution is -1.93. The number of para-hydroxylation sites is 1. The van der Waals surface area contributed by atoms with E-state index in [1.54, 1.807) is 0 Å². The first-order valence-electron chi connectivity index (χ1n) is 21.1. The summed E-state index contributed by atoms with van der Waals surface area (Å²) < 4.78 is 14.4. The molecule has 6 nitrogen and oxygen atoms in total. The van der Waals surface area contributed by atoms with Gasteiger partial charge in [0, 0.05) is 39.8 Å². The molecule has 6 heteroatoms. The lowest BCUT2D eigenvalue weighted by Gasteiger charge is -2.09. The van der Waals surface area contributed by atoms with Gasteiger partial charge in [0.05, 0.1) is 22.2 Å². The van der Waals surface area contributed by atoms with E-state index in [1.165, 1.54) is 0 Å². The first-order chi connectivity index (χ1) is 31.2. The Bertz CT molecular complexity index is 3930. The normalized spacial score (nSPS) is 11.8. The van der Waals surface area contributed by atoms with Crippen LogP contribution < -0.4 is 0 Å². The quantitative estimate of drug-likeness (QED) is 0.167. The van der Waals surface area contributed by atoms with Crippen LogP contribution in [0.15, 0.2) is 215 Å². The minimum Gasteiger partial charge on any atom is -0.454 e. The summed E-state index contributed by atoms with van der Waals surface area (Å²) in [5.41, 5.74) is 20.2. The third kappa shape index (κ3) is 5.84. The number of nitrogens with zero attached hydrogens (tertiary/aromatic N) is 4. The number of pyridine rings is 3. The second-order valence-corrected chi connectivity index (χ2v) is 16.0. The summed E-state index contributed by atoms with van der Waals surface area (Å²) in [5.74, 6) is 0. The molecular weight excluding hydrogens is 773 g/mol. The van der Waals surface area contributed by atoms with Crippen LogP contribution in [0.5, 0.6) is 0 Å². The van der Waals surface area contributed by atoms with E-state index < -0.39 is 0 Å². The van der Waals surface area contributed by atoms with Crippen LogP contribution in [0, 0.1) is 0 Å². The fourth-order valence-electron chi connectivity index (χ4n) is 9.25. The molecule has 0 aliphatic rings. The second kappa shape index (κ2) is 14.0. The molecule has 13 aromatic rings. The Hall–Kier alpha value is -8.61. The standard InChI is InChI=1S/C57H34N4O2/c1-2-15-44(16-3-1)61-49-23-19-40(36-10-5-12-38(30-36)42-21-26-52-47(34-42)57-54(63-52)18-8-28-59-57)32-45(49)55-50(61)24-22-48(60-55)43-14-6-13-39(31-43)35-9-4-11-37(29-35)41-20-25-51-46(33-41)56-53(62-51)17-7-27-58-56/h1-34H. The van der Waals surface area contributed by atoms with E-state index in [0.29, 0.717) is 0 Å². The van der Waals surface area contributed by atoms with Crippen molar-refractivity contribution in [3.63, 3.8) is 0 Å². The molecule has 13 rings (SSSR count). The number of benzene rings is 7. The zero-order valence-corrected chi connectivity index (χ0v) is 33.7. The molecule has 0 saturated heterocycles. The van der Waals surface area contributed by atoms with Crippen molar-refractivity contribution in [1.29, 1.82) is 0 Å². The number of fused-ring (bicyclic) bond motifs is 9. The Labute approximate surface area is 361 Å². The largest absolute Gasteiger partial charge is 0.454 e. The van der Waals surface area contributed by atoms with Gasteiger partial charge in [-0.25, -0.2) is 4.98 Å². The average molecular weight is 807 g/mol. The topological polar surface area (TPSA) is 69.9 Å². The molecule has 0 fully saturated rings. The summed E-state index contributed by atoms with van der Waals surface area (Å²) in [6.45, 7) is 0. The fraction of sp³-hybridized carbons (Fsp3) is 0. The van der Waals surface area contributed by atoms with Gasteiger partial charge < -0.3 is 13.4 Å². The molecule has 0 N–H and O–H groups in total. The van der Waals surface area contributed by atoms with Crippen LogP contribution in [0.3, 0.4) is 0 Å². The van der Waals surface area contributed by atoms with Crippen molar-refractivity contribution >= 4 is 66.1 Å². The Kier molecular flexibility index (Phi) is 7.80. The van der Waals surface area contributed by atoms with Crippen molar-refractivity contribution < 1.29 is 8.83 Å². The van der Waals surface area contributed by atoms with E-state index in [1.807, 2.05) is 48.8 Å². The summed E-state index contributed by atoms with van der Waals surface area (Å²) in [4.78, 5) is 14.7. The first-order valence-corrected chi connectivity index (χ1v) is 21.1. The van der Waals surface area contributed by atoms with Crippen LogP contribution in [0.4, 0.5) is 0 Å². The highest BCUT2D eigenvalue weighted by Crippen LogP contribution is 2.39. The molecule has 0 atom stereocenters. The molecule has 0 unspecified atom stereocenters. The average Bonchev–Trinajstić information content (AvgIpc) is 4.03. The third-order valence-electron chi connectivity index (χ3n) is 12.3. The predicted molar refractivity (Wildman–Crippen MR) is 256 cm³/mol. The van der Waals surface area contributed by atoms with Gasteiger partial charge in [-0.2, -0.15) is 0 Å². The summed E-state index contributed by atoms with van der Waals surface area (Å²) in [6.07, 6.45) is 3.63.